The molecule has 1 saturated carbocycles. The predicted molar refractivity (Wildman–Crippen MR) is 83.5 cm³/mol. The highest BCUT2D eigenvalue weighted by atomic mass is 16.3. The normalized spacial score (nSPS) is 23.4. The Morgan fingerprint density at radius 1 is 0.789 bits per heavy atom. The zero-order chi connectivity index (χ0) is 14.2. The maximum absolute atomic E-state index is 10.9. The van der Waals surface area contributed by atoms with Crippen LogP contribution in [0.15, 0.2) is 0 Å². The van der Waals surface area contributed by atoms with E-state index in [1.165, 1.54) is 57.8 Å². The van der Waals surface area contributed by atoms with Crippen molar-refractivity contribution in [2.75, 3.05) is 6.54 Å². The third-order valence-corrected chi connectivity index (χ3v) is 4.23. The van der Waals surface area contributed by atoms with Crippen LogP contribution in [-0.2, 0) is 0 Å². The summed E-state index contributed by atoms with van der Waals surface area (Å²) in [4.78, 5) is 0. The molecule has 0 spiro atoms. The van der Waals surface area contributed by atoms with E-state index in [9.17, 15) is 5.11 Å². The highest BCUT2D eigenvalue weighted by molar-refractivity contribution is 4.84. The predicted octanol–water partition coefficient (Wildman–Crippen LogP) is 4.41. The van der Waals surface area contributed by atoms with Crippen LogP contribution >= 0.6 is 0 Å². The molecule has 2 N–H and O–H groups in total. The molecule has 1 fully saturated rings. The number of rotatable bonds is 2. The summed E-state index contributed by atoms with van der Waals surface area (Å²) in [5.74, 6) is 0. The summed E-state index contributed by atoms with van der Waals surface area (Å²) in [6, 6.07) is 0. The molecule has 0 atom stereocenters. The first-order chi connectivity index (χ1) is 8.91. The van der Waals surface area contributed by atoms with E-state index in [-0.39, 0.29) is 5.54 Å². The van der Waals surface area contributed by atoms with Gasteiger partial charge in [0, 0.05) is 12.1 Å². The fourth-order valence-electron chi connectivity index (χ4n) is 2.88. The molecule has 1 aliphatic carbocycles. The second-order valence-corrected chi connectivity index (χ2v) is 7.51. The molecule has 0 aromatic rings. The van der Waals surface area contributed by atoms with Gasteiger partial charge in [-0.05, 0) is 33.6 Å². The Morgan fingerprint density at radius 3 is 1.53 bits per heavy atom. The second kappa shape index (κ2) is 8.26. The molecule has 1 aliphatic rings. The van der Waals surface area contributed by atoms with Crippen LogP contribution in [0.1, 0.15) is 91.4 Å². The van der Waals surface area contributed by atoms with Crippen molar-refractivity contribution in [2.45, 2.75) is 103 Å². The van der Waals surface area contributed by atoms with Crippen molar-refractivity contribution in [1.82, 2.24) is 5.32 Å². The summed E-state index contributed by atoms with van der Waals surface area (Å²) in [5, 5.41) is 14.4. The van der Waals surface area contributed by atoms with Crippen LogP contribution in [0.25, 0.3) is 0 Å². The Labute approximate surface area is 120 Å². The zero-order valence-corrected chi connectivity index (χ0v) is 13.4. The Balaban J connectivity index is 2.44. The van der Waals surface area contributed by atoms with Crippen LogP contribution in [0.3, 0.4) is 0 Å². The van der Waals surface area contributed by atoms with Crippen LogP contribution in [0.2, 0.25) is 0 Å². The minimum atomic E-state index is -0.480. The van der Waals surface area contributed by atoms with E-state index in [1.54, 1.807) is 0 Å². The van der Waals surface area contributed by atoms with Gasteiger partial charge in [-0.3, -0.25) is 0 Å². The number of β-amino-alcohol motifs (C(OH)–C–C–N with tert-alkyl or cyclic N) is 1. The molecule has 2 nitrogen and oxygen atoms in total. The first-order valence-electron chi connectivity index (χ1n) is 8.39. The van der Waals surface area contributed by atoms with E-state index in [0.717, 1.165) is 19.4 Å². The van der Waals surface area contributed by atoms with Crippen molar-refractivity contribution in [1.29, 1.82) is 0 Å². The highest BCUT2D eigenvalue weighted by Crippen LogP contribution is 2.24. The minimum Gasteiger partial charge on any atom is -0.389 e. The summed E-state index contributed by atoms with van der Waals surface area (Å²) in [6.07, 6.45) is 13.8. The molecule has 0 aromatic heterocycles. The van der Waals surface area contributed by atoms with E-state index in [0.29, 0.717) is 0 Å². The van der Waals surface area contributed by atoms with Gasteiger partial charge in [0.05, 0.1) is 5.60 Å². The van der Waals surface area contributed by atoms with Gasteiger partial charge in [0.15, 0.2) is 0 Å². The Hall–Kier alpha value is -0.0800. The Bertz CT molecular complexity index is 220. The van der Waals surface area contributed by atoms with Crippen molar-refractivity contribution in [3.05, 3.63) is 0 Å². The largest absolute Gasteiger partial charge is 0.389 e. The lowest BCUT2D eigenvalue weighted by atomic mass is 9.88. The standard InChI is InChI=1S/C17H35NO/c1-16(2,3)18-15-17(19)13-11-9-7-5-4-6-8-10-12-14-17/h18-19H,4-15H2,1-3H3. The van der Waals surface area contributed by atoms with Crippen molar-refractivity contribution in [3.63, 3.8) is 0 Å². The maximum Gasteiger partial charge on any atom is 0.0771 e. The summed E-state index contributed by atoms with van der Waals surface area (Å²) < 4.78 is 0. The molecular weight excluding hydrogens is 234 g/mol. The molecule has 0 saturated heterocycles. The average molecular weight is 269 g/mol. The number of nitrogens with one attached hydrogen (secondary N) is 1. The third kappa shape index (κ3) is 8.65. The summed E-state index contributed by atoms with van der Waals surface area (Å²) in [7, 11) is 0. The van der Waals surface area contributed by atoms with E-state index >= 15 is 0 Å². The van der Waals surface area contributed by atoms with Gasteiger partial charge in [0.25, 0.3) is 0 Å². The summed E-state index contributed by atoms with van der Waals surface area (Å²) in [6.45, 7) is 7.26. The van der Waals surface area contributed by atoms with Gasteiger partial charge in [-0.25, -0.2) is 0 Å². The summed E-state index contributed by atoms with van der Waals surface area (Å²) in [5.41, 5.74) is -0.383. The SMILES string of the molecule is CC(C)(C)NCC1(O)CCCCCCCCCCC1. The van der Waals surface area contributed by atoms with Crippen LogP contribution in [0, 0.1) is 0 Å². The highest BCUT2D eigenvalue weighted by Gasteiger charge is 2.27. The van der Waals surface area contributed by atoms with Crippen molar-refractivity contribution in [3.8, 4) is 0 Å². The molecule has 0 bridgehead atoms. The molecular formula is C17H35NO. The van der Waals surface area contributed by atoms with Crippen LogP contribution in [0.4, 0.5) is 0 Å². The molecule has 0 heterocycles. The number of hydrogen-bond acceptors (Lipinski definition) is 2. The molecule has 0 amide bonds. The van der Waals surface area contributed by atoms with Crippen molar-refractivity contribution < 1.29 is 5.11 Å². The van der Waals surface area contributed by atoms with Crippen LogP contribution < -0.4 is 5.32 Å². The third-order valence-electron chi connectivity index (χ3n) is 4.23. The topological polar surface area (TPSA) is 32.3 Å². The molecule has 0 unspecified atom stereocenters. The van der Waals surface area contributed by atoms with E-state index < -0.39 is 5.60 Å². The molecule has 0 aliphatic heterocycles. The van der Waals surface area contributed by atoms with E-state index in [1.807, 2.05) is 0 Å². The van der Waals surface area contributed by atoms with Crippen LogP contribution in [-0.4, -0.2) is 22.8 Å². The van der Waals surface area contributed by atoms with Gasteiger partial charge < -0.3 is 10.4 Å². The molecule has 0 aromatic carbocycles. The summed E-state index contributed by atoms with van der Waals surface area (Å²) >= 11 is 0. The fourth-order valence-corrected chi connectivity index (χ4v) is 2.88. The zero-order valence-electron chi connectivity index (χ0n) is 13.4. The van der Waals surface area contributed by atoms with Gasteiger partial charge >= 0.3 is 0 Å². The smallest absolute Gasteiger partial charge is 0.0771 e. The first kappa shape index (κ1) is 17.0. The molecule has 0 radical (unpaired) electrons. The first-order valence-corrected chi connectivity index (χ1v) is 8.39. The average Bonchev–Trinajstić information content (AvgIpc) is 2.31. The van der Waals surface area contributed by atoms with Crippen molar-refractivity contribution >= 4 is 0 Å². The van der Waals surface area contributed by atoms with Gasteiger partial charge in [0.2, 0.25) is 0 Å². The Kier molecular flexibility index (Phi) is 7.38. The van der Waals surface area contributed by atoms with E-state index in [2.05, 4.69) is 26.1 Å². The van der Waals surface area contributed by atoms with Gasteiger partial charge in [0.1, 0.15) is 0 Å². The number of aliphatic hydroxyl groups is 1. The molecule has 114 valence electrons. The van der Waals surface area contributed by atoms with Gasteiger partial charge in [-0.15, -0.1) is 0 Å². The minimum absolute atomic E-state index is 0.0966. The lowest BCUT2D eigenvalue weighted by Gasteiger charge is -2.33. The molecule has 2 heteroatoms. The fraction of sp³-hybridized carbons (Fsp3) is 1.00. The second-order valence-electron chi connectivity index (χ2n) is 7.51. The maximum atomic E-state index is 10.9. The van der Waals surface area contributed by atoms with E-state index in [4.69, 9.17) is 0 Å². The molecule has 19 heavy (non-hydrogen) atoms. The van der Waals surface area contributed by atoms with Crippen LogP contribution in [0.5, 0.6) is 0 Å². The number of hydrogen-bond donors (Lipinski definition) is 2. The molecule has 1 rings (SSSR count). The quantitative estimate of drug-likeness (QED) is 0.778. The lowest BCUT2D eigenvalue weighted by molar-refractivity contribution is 0.0127. The monoisotopic (exact) mass is 269 g/mol. The van der Waals surface area contributed by atoms with Crippen molar-refractivity contribution in [2.24, 2.45) is 0 Å². The Morgan fingerprint density at radius 2 is 1.16 bits per heavy atom. The van der Waals surface area contributed by atoms with Gasteiger partial charge in [-0.1, -0.05) is 57.8 Å². The lowest BCUT2D eigenvalue weighted by Crippen LogP contribution is -2.47. The van der Waals surface area contributed by atoms with Gasteiger partial charge in [-0.2, -0.15) is 0 Å².